The van der Waals surface area contributed by atoms with Crippen LogP contribution in [-0.2, 0) is 4.79 Å². The van der Waals surface area contributed by atoms with Gasteiger partial charge in [0.1, 0.15) is 6.29 Å². The number of carbonyl (C=O) groups excluding carboxylic acids is 2. The van der Waals surface area contributed by atoms with Gasteiger partial charge in [0.25, 0.3) is 0 Å². The standard InChI is InChI=1S/C19H22O4/c1-22-17-7-12(11-20)2-3-16(17)23-18(21)19-8-13-4-14(9-19)6-15(5-13)10-19/h2-3,7,11,13-15H,4-6,8-10H2,1H3. The highest BCUT2D eigenvalue weighted by atomic mass is 16.6. The van der Waals surface area contributed by atoms with Gasteiger partial charge in [-0.15, -0.1) is 0 Å². The largest absolute Gasteiger partial charge is 0.493 e. The molecule has 1 aromatic carbocycles. The van der Waals surface area contributed by atoms with Crippen molar-refractivity contribution in [2.75, 3.05) is 7.11 Å². The Bertz CT molecular complexity index is 613. The molecular weight excluding hydrogens is 292 g/mol. The molecule has 0 atom stereocenters. The molecule has 0 aliphatic heterocycles. The van der Waals surface area contributed by atoms with Crippen LogP contribution in [0, 0.1) is 23.2 Å². The lowest BCUT2D eigenvalue weighted by Crippen LogP contribution is -2.51. The van der Waals surface area contributed by atoms with Crippen LogP contribution < -0.4 is 9.47 Å². The molecule has 0 unspecified atom stereocenters. The summed E-state index contributed by atoms with van der Waals surface area (Å²) in [5.41, 5.74) is 0.222. The summed E-state index contributed by atoms with van der Waals surface area (Å²) in [6, 6.07) is 4.91. The van der Waals surface area contributed by atoms with Gasteiger partial charge in [-0.05, 0) is 74.5 Å². The first-order chi connectivity index (χ1) is 11.1. The Morgan fingerprint density at radius 2 is 1.70 bits per heavy atom. The van der Waals surface area contributed by atoms with Gasteiger partial charge < -0.3 is 9.47 Å². The molecule has 0 N–H and O–H groups in total. The van der Waals surface area contributed by atoms with Crippen LogP contribution in [0.25, 0.3) is 0 Å². The predicted octanol–water partition coefficient (Wildman–Crippen LogP) is 3.63. The highest BCUT2D eigenvalue weighted by molar-refractivity contribution is 5.81. The lowest BCUT2D eigenvalue weighted by molar-refractivity contribution is -0.161. The molecule has 0 heterocycles. The first kappa shape index (κ1) is 14.7. The summed E-state index contributed by atoms with van der Waals surface area (Å²) in [6.07, 6.45) is 7.58. The third kappa shape index (κ3) is 2.44. The molecule has 23 heavy (non-hydrogen) atoms. The van der Waals surface area contributed by atoms with Crippen molar-refractivity contribution in [3.63, 3.8) is 0 Å². The maximum atomic E-state index is 12.9. The van der Waals surface area contributed by atoms with Crippen LogP contribution >= 0.6 is 0 Å². The minimum atomic E-state index is -0.289. The minimum absolute atomic E-state index is 0.103. The Hall–Kier alpha value is -1.84. The second kappa shape index (κ2) is 5.36. The van der Waals surface area contributed by atoms with Crippen molar-refractivity contribution in [1.82, 2.24) is 0 Å². The molecule has 4 bridgehead atoms. The summed E-state index contributed by atoms with van der Waals surface area (Å²) in [5.74, 6) is 2.86. The highest BCUT2D eigenvalue weighted by Gasteiger charge is 2.55. The van der Waals surface area contributed by atoms with Gasteiger partial charge in [0.05, 0.1) is 12.5 Å². The second-order valence-electron chi connectivity index (χ2n) is 7.62. The van der Waals surface area contributed by atoms with Crippen LogP contribution in [0.3, 0.4) is 0 Å². The quantitative estimate of drug-likeness (QED) is 0.484. The van der Waals surface area contributed by atoms with E-state index in [2.05, 4.69) is 0 Å². The molecule has 0 amide bonds. The van der Waals surface area contributed by atoms with Crippen molar-refractivity contribution >= 4 is 12.3 Å². The zero-order chi connectivity index (χ0) is 16.0. The molecule has 4 heteroatoms. The van der Waals surface area contributed by atoms with Crippen LogP contribution in [-0.4, -0.2) is 19.4 Å². The van der Waals surface area contributed by atoms with E-state index in [4.69, 9.17) is 9.47 Å². The molecule has 122 valence electrons. The number of hydrogen-bond acceptors (Lipinski definition) is 4. The lowest BCUT2D eigenvalue weighted by Gasteiger charge is -2.55. The van der Waals surface area contributed by atoms with Gasteiger partial charge in [-0.25, -0.2) is 0 Å². The van der Waals surface area contributed by atoms with E-state index in [1.54, 1.807) is 18.2 Å². The Balaban J connectivity index is 1.57. The molecule has 4 aliphatic rings. The van der Waals surface area contributed by atoms with Crippen LogP contribution in [0.4, 0.5) is 0 Å². The fraction of sp³-hybridized carbons (Fsp3) is 0.579. The van der Waals surface area contributed by atoms with Crippen molar-refractivity contribution < 1.29 is 19.1 Å². The minimum Gasteiger partial charge on any atom is -0.493 e. The van der Waals surface area contributed by atoms with Crippen molar-refractivity contribution in [3.05, 3.63) is 23.8 Å². The average molecular weight is 314 g/mol. The normalized spacial score (nSPS) is 34.2. The van der Waals surface area contributed by atoms with Gasteiger partial charge >= 0.3 is 5.97 Å². The number of rotatable bonds is 4. The SMILES string of the molecule is COc1cc(C=O)ccc1OC(=O)C12CC3CC(CC(C3)C1)C2. The van der Waals surface area contributed by atoms with E-state index >= 15 is 0 Å². The maximum Gasteiger partial charge on any atom is 0.317 e. The number of aldehydes is 1. The fourth-order valence-corrected chi connectivity index (χ4v) is 5.41. The van der Waals surface area contributed by atoms with Crippen LogP contribution in [0.1, 0.15) is 48.9 Å². The molecule has 5 rings (SSSR count). The van der Waals surface area contributed by atoms with Crippen molar-refractivity contribution in [2.24, 2.45) is 23.2 Å². The maximum absolute atomic E-state index is 12.9. The van der Waals surface area contributed by atoms with Crippen molar-refractivity contribution in [2.45, 2.75) is 38.5 Å². The molecule has 4 fully saturated rings. The van der Waals surface area contributed by atoms with Gasteiger partial charge in [-0.2, -0.15) is 0 Å². The Morgan fingerprint density at radius 3 is 2.22 bits per heavy atom. The molecular formula is C19H22O4. The third-order valence-corrected chi connectivity index (χ3v) is 6.00. The number of benzene rings is 1. The van der Waals surface area contributed by atoms with E-state index in [1.807, 2.05) is 0 Å². The number of esters is 1. The molecule has 1 aromatic rings. The molecule has 0 radical (unpaired) electrons. The first-order valence-electron chi connectivity index (χ1n) is 8.47. The number of methoxy groups -OCH3 is 1. The number of carbonyl (C=O) groups is 2. The Morgan fingerprint density at radius 1 is 1.09 bits per heavy atom. The fourth-order valence-electron chi connectivity index (χ4n) is 5.41. The van der Waals surface area contributed by atoms with Gasteiger partial charge in [0.15, 0.2) is 11.5 Å². The zero-order valence-electron chi connectivity index (χ0n) is 13.4. The Kier molecular flexibility index (Phi) is 3.43. The smallest absolute Gasteiger partial charge is 0.317 e. The molecule has 4 saturated carbocycles. The summed E-state index contributed by atoms with van der Waals surface area (Å²) >= 11 is 0. The Labute approximate surface area is 136 Å². The summed E-state index contributed by atoms with van der Waals surface area (Å²) in [4.78, 5) is 23.8. The molecule has 0 spiro atoms. The van der Waals surface area contributed by atoms with Crippen LogP contribution in [0.2, 0.25) is 0 Å². The van der Waals surface area contributed by atoms with Gasteiger partial charge in [0.2, 0.25) is 0 Å². The van der Waals surface area contributed by atoms with Crippen LogP contribution in [0.5, 0.6) is 11.5 Å². The molecule has 4 nitrogen and oxygen atoms in total. The summed E-state index contributed by atoms with van der Waals surface area (Å²) in [5, 5.41) is 0. The van der Waals surface area contributed by atoms with Crippen molar-refractivity contribution in [1.29, 1.82) is 0 Å². The summed E-state index contributed by atoms with van der Waals surface area (Å²) in [6.45, 7) is 0. The summed E-state index contributed by atoms with van der Waals surface area (Å²) in [7, 11) is 1.52. The average Bonchev–Trinajstić information content (AvgIpc) is 2.54. The van der Waals surface area contributed by atoms with Gasteiger partial charge in [0, 0.05) is 5.56 Å². The van der Waals surface area contributed by atoms with Crippen LogP contribution in [0.15, 0.2) is 18.2 Å². The second-order valence-corrected chi connectivity index (χ2v) is 7.62. The van der Waals surface area contributed by atoms with Crippen molar-refractivity contribution in [3.8, 4) is 11.5 Å². The highest BCUT2D eigenvalue weighted by Crippen LogP contribution is 2.60. The predicted molar refractivity (Wildman–Crippen MR) is 84.6 cm³/mol. The van der Waals surface area contributed by atoms with E-state index < -0.39 is 0 Å². The van der Waals surface area contributed by atoms with E-state index in [1.165, 1.54) is 26.4 Å². The van der Waals surface area contributed by atoms with E-state index in [9.17, 15) is 9.59 Å². The van der Waals surface area contributed by atoms with E-state index in [0.29, 0.717) is 34.8 Å². The molecule has 4 aliphatic carbocycles. The molecule has 0 aromatic heterocycles. The van der Waals surface area contributed by atoms with E-state index in [0.717, 1.165) is 25.5 Å². The molecule has 0 saturated heterocycles. The summed E-state index contributed by atoms with van der Waals surface area (Å²) < 4.78 is 11.0. The monoisotopic (exact) mass is 314 g/mol. The van der Waals surface area contributed by atoms with Gasteiger partial charge in [-0.3, -0.25) is 9.59 Å². The lowest BCUT2D eigenvalue weighted by atomic mass is 9.49. The third-order valence-electron chi connectivity index (χ3n) is 6.00. The topological polar surface area (TPSA) is 52.6 Å². The van der Waals surface area contributed by atoms with Gasteiger partial charge in [-0.1, -0.05) is 0 Å². The first-order valence-corrected chi connectivity index (χ1v) is 8.47. The zero-order valence-corrected chi connectivity index (χ0v) is 13.4. The number of ether oxygens (including phenoxy) is 2. The number of hydrogen-bond donors (Lipinski definition) is 0. The van der Waals surface area contributed by atoms with E-state index in [-0.39, 0.29) is 11.4 Å².